The van der Waals surface area contributed by atoms with E-state index in [1.54, 1.807) is 18.2 Å². The van der Waals surface area contributed by atoms with Crippen LogP contribution in [-0.4, -0.2) is 30.6 Å². The van der Waals surface area contributed by atoms with E-state index < -0.39 is 0 Å². The zero-order valence-electron chi connectivity index (χ0n) is 9.49. The number of hydrogen-bond donors (Lipinski definition) is 1. The van der Waals surface area contributed by atoms with Crippen LogP contribution in [0.2, 0.25) is 5.15 Å². The molecule has 0 fully saturated rings. The van der Waals surface area contributed by atoms with Crippen LogP contribution < -0.4 is 5.32 Å². The van der Waals surface area contributed by atoms with Gasteiger partial charge in [-0.2, -0.15) is 0 Å². The molecular formula is C12H15ClN2O2. The molecule has 1 aromatic heterocycles. The van der Waals surface area contributed by atoms with Crippen LogP contribution in [-0.2, 0) is 4.74 Å². The summed E-state index contributed by atoms with van der Waals surface area (Å²) in [5, 5.41) is 2.91. The Morgan fingerprint density at radius 2 is 2.41 bits per heavy atom. The third kappa shape index (κ3) is 4.97. The second kappa shape index (κ2) is 7.81. The average molecular weight is 255 g/mol. The van der Waals surface area contributed by atoms with Gasteiger partial charge in [0.15, 0.2) is 0 Å². The number of amides is 1. The Labute approximate surface area is 106 Å². The summed E-state index contributed by atoms with van der Waals surface area (Å²) in [4.78, 5) is 15.5. The highest BCUT2D eigenvalue weighted by Gasteiger charge is 2.09. The molecule has 92 valence electrons. The standard InChI is InChI=1S/C12H15ClN2O2/c1-2-3-8-17-9-7-15-12(16)10-5-4-6-14-11(10)13/h2,4-6H,1,3,7-9H2,(H,15,16). The summed E-state index contributed by atoms with van der Waals surface area (Å²) in [6, 6.07) is 3.30. The second-order valence-corrected chi connectivity index (χ2v) is 3.65. The molecule has 0 spiro atoms. The summed E-state index contributed by atoms with van der Waals surface area (Å²) in [5.74, 6) is -0.240. The van der Waals surface area contributed by atoms with Crippen LogP contribution in [0.1, 0.15) is 16.8 Å². The van der Waals surface area contributed by atoms with Crippen molar-refractivity contribution in [2.24, 2.45) is 0 Å². The highest BCUT2D eigenvalue weighted by atomic mass is 35.5. The predicted molar refractivity (Wildman–Crippen MR) is 67.2 cm³/mol. The molecule has 1 aromatic rings. The molecule has 0 radical (unpaired) electrons. The Balaban J connectivity index is 2.26. The monoisotopic (exact) mass is 254 g/mol. The molecule has 0 aliphatic heterocycles. The lowest BCUT2D eigenvalue weighted by molar-refractivity contribution is 0.0917. The zero-order valence-corrected chi connectivity index (χ0v) is 10.2. The van der Waals surface area contributed by atoms with Crippen LogP contribution in [0.25, 0.3) is 0 Å². The smallest absolute Gasteiger partial charge is 0.254 e. The fourth-order valence-electron chi connectivity index (χ4n) is 1.16. The van der Waals surface area contributed by atoms with E-state index in [1.165, 1.54) is 6.20 Å². The summed E-state index contributed by atoms with van der Waals surface area (Å²) in [6.45, 7) is 5.12. The highest BCUT2D eigenvalue weighted by molar-refractivity contribution is 6.32. The third-order valence-electron chi connectivity index (χ3n) is 2.00. The molecule has 0 aliphatic carbocycles. The van der Waals surface area contributed by atoms with Crippen molar-refractivity contribution >= 4 is 17.5 Å². The first kappa shape index (κ1) is 13.7. The summed E-state index contributed by atoms with van der Waals surface area (Å²) >= 11 is 5.79. The van der Waals surface area contributed by atoms with Gasteiger partial charge >= 0.3 is 0 Å². The number of nitrogens with zero attached hydrogens (tertiary/aromatic N) is 1. The van der Waals surface area contributed by atoms with Gasteiger partial charge in [-0.3, -0.25) is 4.79 Å². The van der Waals surface area contributed by atoms with Crippen molar-refractivity contribution in [1.82, 2.24) is 10.3 Å². The molecule has 1 N–H and O–H groups in total. The summed E-state index contributed by atoms with van der Waals surface area (Å²) in [6.07, 6.45) is 4.13. The van der Waals surface area contributed by atoms with E-state index in [0.717, 1.165) is 6.42 Å². The van der Waals surface area contributed by atoms with Crippen molar-refractivity contribution in [2.45, 2.75) is 6.42 Å². The van der Waals surface area contributed by atoms with Gasteiger partial charge in [0.2, 0.25) is 0 Å². The van der Waals surface area contributed by atoms with Crippen LogP contribution in [0.3, 0.4) is 0 Å². The fourth-order valence-corrected chi connectivity index (χ4v) is 1.36. The molecule has 0 saturated carbocycles. The minimum Gasteiger partial charge on any atom is -0.379 e. The van der Waals surface area contributed by atoms with Crippen molar-refractivity contribution in [2.75, 3.05) is 19.8 Å². The van der Waals surface area contributed by atoms with E-state index in [4.69, 9.17) is 16.3 Å². The molecule has 0 aliphatic rings. The van der Waals surface area contributed by atoms with Crippen LogP contribution >= 0.6 is 11.6 Å². The number of nitrogens with one attached hydrogen (secondary N) is 1. The van der Waals surface area contributed by atoms with Gasteiger partial charge in [-0.1, -0.05) is 17.7 Å². The Morgan fingerprint density at radius 1 is 1.59 bits per heavy atom. The van der Waals surface area contributed by atoms with E-state index >= 15 is 0 Å². The fraction of sp³-hybridized carbons (Fsp3) is 0.333. The Bertz CT molecular complexity index is 383. The Hall–Kier alpha value is -1.39. The molecule has 0 aromatic carbocycles. The lowest BCUT2D eigenvalue weighted by atomic mass is 10.3. The maximum absolute atomic E-state index is 11.6. The van der Waals surface area contributed by atoms with Crippen molar-refractivity contribution in [3.05, 3.63) is 41.7 Å². The van der Waals surface area contributed by atoms with Crippen molar-refractivity contribution in [3.8, 4) is 0 Å². The van der Waals surface area contributed by atoms with Crippen LogP contribution in [0.15, 0.2) is 31.0 Å². The molecular weight excluding hydrogens is 240 g/mol. The molecule has 0 bridgehead atoms. The summed E-state index contributed by atoms with van der Waals surface area (Å²) < 4.78 is 5.26. The molecule has 1 rings (SSSR count). The Kier molecular flexibility index (Phi) is 6.29. The molecule has 0 unspecified atom stereocenters. The van der Waals surface area contributed by atoms with Gasteiger partial charge in [0.05, 0.1) is 18.8 Å². The van der Waals surface area contributed by atoms with Gasteiger partial charge in [-0.05, 0) is 18.6 Å². The highest BCUT2D eigenvalue weighted by Crippen LogP contribution is 2.10. The van der Waals surface area contributed by atoms with Gasteiger partial charge in [-0.25, -0.2) is 4.98 Å². The number of carbonyl (C=O) groups is 1. The first-order valence-electron chi connectivity index (χ1n) is 5.33. The normalized spacial score (nSPS) is 9.94. The van der Waals surface area contributed by atoms with Crippen LogP contribution in [0.5, 0.6) is 0 Å². The van der Waals surface area contributed by atoms with E-state index in [2.05, 4.69) is 16.9 Å². The van der Waals surface area contributed by atoms with E-state index in [-0.39, 0.29) is 11.1 Å². The minimum atomic E-state index is -0.240. The number of aromatic nitrogens is 1. The molecule has 5 heteroatoms. The number of halogens is 1. The van der Waals surface area contributed by atoms with Crippen molar-refractivity contribution in [3.63, 3.8) is 0 Å². The van der Waals surface area contributed by atoms with E-state index in [1.807, 2.05) is 0 Å². The van der Waals surface area contributed by atoms with Crippen LogP contribution in [0.4, 0.5) is 0 Å². The molecule has 17 heavy (non-hydrogen) atoms. The molecule has 1 heterocycles. The van der Waals surface area contributed by atoms with Gasteiger partial charge < -0.3 is 10.1 Å². The molecule has 0 atom stereocenters. The lowest BCUT2D eigenvalue weighted by Gasteiger charge is -2.06. The third-order valence-corrected chi connectivity index (χ3v) is 2.30. The van der Waals surface area contributed by atoms with Crippen molar-refractivity contribution < 1.29 is 9.53 Å². The second-order valence-electron chi connectivity index (χ2n) is 3.29. The molecule has 4 nitrogen and oxygen atoms in total. The molecule has 1 amide bonds. The lowest BCUT2D eigenvalue weighted by Crippen LogP contribution is -2.27. The minimum absolute atomic E-state index is 0.206. The average Bonchev–Trinajstić information content (AvgIpc) is 2.34. The first-order valence-corrected chi connectivity index (χ1v) is 5.71. The van der Waals surface area contributed by atoms with E-state index in [9.17, 15) is 4.79 Å². The largest absolute Gasteiger partial charge is 0.379 e. The summed E-state index contributed by atoms with van der Waals surface area (Å²) in [7, 11) is 0. The van der Waals surface area contributed by atoms with E-state index in [0.29, 0.717) is 25.3 Å². The van der Waals surface area contributed by atoms with Gasteiger partial charge in [0, 0.05) is 12.7 Å². The number of rotatable bonds is 7. The maximum atomic E-state index is 11.6. The summed E-state index contributed by atoms with van der Waals surface area (Å²) in [5.41, 5.74) is 0.375. The van der Waals surface area contributed by atoms with Crippen LogP contribution in [0, 0.1) is 0 Å². The van der Waals surface area contributed by atoms with Gasteiger partial charge in [-0.15, -0.1) is 6.58 Å². The maximum Gasteiger partial charge on any atom is 0.254 e. The Morgan fingerprint density at radius 3 is 3.12 bits per heavy atom. The number of ether oxygens (including phenoxy) is 1. The topological polar surface area (TPSA) is 51.2 Å². The predicted octanol–water partition coefficient (Wildman–Crippen LogP) is 2.06. The number of hydrogen-bond acceptors (Lipinski definition) is 3. The number of carbonyl (C=O) groups excluding carboxylic acids is 1. The van der Waals surface area contributed by atoms with Gasteiger partial charge in [0.1, 0.15) is 5.15 Å². The zero-order chi connectivity index (χ0) is 12.5. The molecule has 0 saturated heterocycles. The van der Waals surface area contributed by atoms with Gasteiger partial charge in [0.25, 0.3) is 5.91 Å². The SMILES string of the molecule is C=CCCOCCNC(=O)c1cccnc1Cl. The number of pyridine rings is 1. The quantitative estimate of drug-likeness (QED) is 0.460. The first-order chi connectivity index (χ1) is 8.25. The van der Waals surface area contributed by atoms with Crippen molar-refractivity contribution in [1.29, 1.82) is 0 Å².